The molecule has 0 N–H and O–H groups in total. The topological polar surface area (TPSA) is 80.3 Å². The third-order valence-electron chi connectivity index (χ3n) is 5.04. The van der Waals surface area contributed by atoms with Gasteiger partial charge in [-0.25, -0.2) is 0 Å². The van der Waals surface area contributed by atoms with Crippen LogP contribution in [0.2, 0.25) is 0 Å². The van der Waals surface area contributed by atoms with Gasteiger partial charge in [0.25, 0.3) is 0 Å². The molecule has 2 unspecified atom stereocenters. The van der Waals surface area contributed by atoms with Crippen LogP contribution in [0.25, 0.3) is 0 Å². The van der Waals surface area contributed by atoms with Gasteiger partial charge in [0.2, 0.25) is 0 Å². The summed E-state index contributed by atoms with van der Waals surface area (Å²) < 4.78 is -0.185. The van der Waals surface area contributed by atoms with E-state index in [-0.39, 0.29) is 10.9 Å². The molecule has 0 aliphatic heterocycles. The van der Waals surface area contributed by atoms with Gasteiger partial charge in [0.1, 0.15) is 18.6 Å². The highest BCUT2D eigenvalue weighted by molar-refractivity contribution is 5.71. The molecule has 5 heteroatoms. The number of carboxylic acid groups (broad SMARTS) is 2. The number of quaternary nitrogens is 1. The smallest absolute Gasteiger partial charge is 0.141 e. The number of nitrogens with zero attached hydrogens (tertiary/aromatic N) is 1. The summed E-state index contributed by atoms with van der Waals surface area (Å²) in [5, 5.41) is 23.6. The molecule has 0 bridgehead atoms. The van der Waals surface area contributed by atoms with Gasteiger partial charge in [0.05, 0.1) is 18.5 Å². The summed E-state index contributed by atoms with van der Waals surface area (Å²) >= 11 is 0. The number of carboxylic acids is 2. The van der Waals surface area contributed by atoms with Gasteiger partial charge in [-0.05, 0) is 6.92 Å². The molecule has 2 aromatic carbocycles. The molecule has 138 valence electrons. The van der Waals surface area contributed by atoms with Gasteiger partial charge in [-0.3, -0.25) is 0 Å². The fourth-order valence-electron chi connectivity index (χ4n) is 3.93. The molecule has 0 aromatic heterocycles. The van der Waals surface area contributed by atoms with Crippen LogP contribution < -0.4 is 10.2 Å². The molecule has 0 amide bonds. The van der Waals surface area contributed by atoms with Crippen molar-refractivity contribution in [3.05, 3.63) is 71.8 Å². The first kappa shape index (κ1) is 19.7. The van der Waals surface area contributed by atoms with Crippen LogP contribution in [0.4, 0.5) is 0 Å². The lowest BCUT2D eigenvalue weighted by molar-refractivity contribution is -0.961. The van der Waals surface area contributed by atoms with E-state index < -0.39 is 30.6 Å². The quantitative estimate of drug-likeness (QED) is 0.627. The number of rotatable bonds is 9. The minimum absolute atomic E-state index is 0.185. The molecule has 0 fully saturated rings. The van der Waals surface area contributed by atoms with Crippen molar-refractivity contribution in [2.45, 2.75) is 32.4 Å². The lowest BCUT2D eigenvalue weighted by Gasteiger charge is -2.50. The SMILES string of the molecule is CCC(C(=O)[O-])[N+](CC)(CC(=O)[O-])C(c1ccccc1)c1ccccc1. The molecule has 0 radical (unpaired) electrons. The van der Waals surface area contributed by atoms with Crippen molar-refractivity contribution in [1.29, 1.82) is 0 Å². The number of likely N-dealkylation sites (N-methyl/N-ethyl adjacent to an activating group) is 1. The zero-order valence-corrected chi connectivity index (χ0v) is 15.1. The van der Waals surface area contributed by atoms with Crippen LogP contribution in [-0.4, -0.2) is 35.6 Å². The van der Waals surface area contributed by atoms with E-state index in [4.69, 9.17) is 0 Å². The summed E-state index contributed by atoms with van der Waals surface area (Å²) in [6.45, 7) is 3.46. The molecule has 2 atom stereocenters. The van der Waals surface area contributed by atoms with E-state index in [0.29, 0.717) is 6.54 Å². The first-order valence-electron chi connectivity index (χ1n) is 8.83. The number of aliphatic carboxylic acids is 2. The van der Waals surface area contributed by atoms with Crippen molar-refractivity contribution in [1.82, 2.24) is 0 Å². The predicted octanol–water partition coefficient (Wildman–Crippen LogP) is 0.891. The van der Waals surface area contributed by atoms with Crippen LogP contribution in [0.1, 0.15) is 37.4 Å². The Labute approximate surface area is 154 Å². The molecule has 2 rings (SSSR count). The highest BCUT2D eigenvalue weighted by atomic mass is 16.4. The fourth-order valence-corrected chi connectivity index (χ4v) is 3.93. The predicted molar refractivity (Wildman–Crippen MR) is 94.5 cm³/mol. The first-order chi connectivity index (χ1) is 12.5. The molecule has 0 aliphatic carbocycles. The van der Waals surface area contributed by atoms with Gasteiger partial charge in [-0.1, -0.05) is 67.6 Å². The van der Waals surface area contributed by atoms with Gasteiger partial charge in [0, 0.05) is 17.5 Å². The Kier molecular flexibility index (Phi) is 6.52. The largest absolute Gasteiger partial charge is 0.544 e. The van der Waals surface area contributed by atoms with Gasteiger partial charge < -0.3 is 24.3 Å². The van der Waals surface area contributed by atoms with E-state index in [9.17, 15) is 19.8 Å². The second-order valence-electron chi connectivity index (χ2n) is 6.42. The van der Waals surface area contributed by atoms with Crippen molar-refractivity contribution in [3.63, 3.8) is 0 Å². The summed E-state index contributed by atoms with van der Waals surface area (Å²) in [4.78, 5) is 23.6. The second-order valence-corrected chi connectivity index (χ2v) is 6.42. The van der Waals surface area contributed by atoms with Gasteiger partial charge >= 0.3 is 0 Å². The van der Waals surface area contributed by atoms with Crippen molar-refractivity contribution < 1.29 is 24.3 Å². The molecule has 26 heavy (non-hydrogen) atoms. The standard InChI is InChI=1S/C21H25NO4/c1-3-18(21(25)26)22(4-2,15-19(23)24)20(16-11-7-5-8-12-16)17-13-9-6-10-14-17/h5-14,18,20H,3-4,15H2,1-2H3,(H-,23,24,25,26)/p-1. The molecule has 5 nitrogen and oxygen atoms in total. The van der Waals surface area contributed by atoms with Gasteiger partial charge in [-0.2, -0.15) is 0 Å². The molecule has 0 saturated heterocycles. The molecule has 0 heterocycles. The lowest BCUT2D eigenvalue weighted by Crippen LogP contribution is -2.66. The molecule has 0 saturated carbocycles. The average Bonchev–Trinajstić information content (AvgIpc) is 2.63. The van der Waals surface area contributed by atoms with E-state index in [0.717, 1.165) is 11.1 Å². The molecular weight excluding hydrogens is 330 g/mol. The summed E-state index contributed by atoms with van der Waals surface area (Å²) in [5.41, 5.74) is 1.73. The first-order valence-corrected chi connectivity index (χ1v) is 8.83. The maximum Gasteiger partial charge on any atom is 0.141 e. The van der Waals surface area contributed by atoms with E-state index in [2.05, 4.69) is 0 Å². The van der Waals surface area contributed by atoms with Crippen molar-refractivity contribution in [2.75, 3.05) is 13.1 Å². The Balaban J connectivity index is 2.76. The zero-order chi connectivity index (χ0) is 19.2. The Hall–Kier alpha value is -2.66. The normalized spacial score (nSPS) is 14.6. The highest BCUT2D eigenvalue weighted by Gasteiger charge is 2.44. The van der Waals surface area contributed by atoms with Crippen LogP contribution in [0.3, 0.4) is 0 Å². The molecule has 0 spiro atoms. The van der Waals surface area contributed by atoms with Crippen LogP contribution in [0.15, 0.2) is 60.7 Å². The Morgan fingerprint density at radius 2 is 1.35 bits per heavy atom. The zero-order valence-electron chi connectivity index (χ0n) is 15.1. The van der Waals surface area contributed by atoms with E-state index >= 15 is 0 Å². The van der Waals surface area contributed by atoms with Crippen LogP contribution >= 0.6 is 0 Å². The number of hydrogen-bond acceptors (Lipinski definition) is 4. The third-order valence-corrected chi connectivity index (χ3v) is 5.04. The maximum absolute atomic E-state index is 11.9. The lowest BCUT2D eigenvalue weighted by atomic mass is 9.91. The minimum atomic E-state index is -1.27. The number of hydrogen-bond donors (Lipinski definition) is 0. The number of benzene rings is 2. The Morgan fingerprint density at radius 3 is 1.65 bits per heavy atom. The van der Waals surface area contributed by atoms with E-state index in [1.165, 1.54) is 0 Å². The van der Waals surface area contributed by atoms with Crippen molar-refractivity contribution in [2.24, 2.45) is 0 Å². The summed E-state index contributed by atoms with van der Waals surface area (Å²) in [5.74, 6) is -2.52. The second kappa shape index (κ2) is 8.63. The molecule has 0 aliphatic rings. The van der Waals surface area contributed by atoms with E-state index in [1.807, 2.05) is 67.6 Å². The fraction of sp³-hybridized carbons (Fsp3) is 0.333. The van der Waals surface area contributed by atoms with Crippen LogP contribution in [0.5, 0.6) is 0 Å². The Bertz CT molecular complexity index is 693. The third kappa shape index (κ3) is 3.94. The Morgan fingerprint density at radius 1 is 0.885 bits per heavy atom. The monoisotopic (exact) mass is 354 g/mol. The van der Waals surface area contributed by atoms with Crippen LogP contribution in [0, 0.1) is 0 Å². The average molecular weight is 354 g/mol. The van der Waals surface area contributed by atoms with Crippen LogP contribution in [-0.2, 0) is 9.59 Å². The number of carbonyl (C=O) groups excluding carboxylic acids is 2. The number of carbonyl (C=O) groups is 2. The minimum Gasteiger partial charge on any atom is -0.544 e. The van der Waals surface area contributed by atoms with E-state index in [1.54, 1.807) is 6.92 Å². The molecular formula is C21H24NO4-. The summed E-state index contributed by atoms with van der Waals surface area (Å²) in [6.07, 6.45) is 0.264. The highest BCUT2D eigenvalue weighted by Crippen LogP contribution is 2.38. The maximum atomic E-state index is 11.9. The summed E-state index contributed by atoms with van der Waals surface area (Å²) in [7, 11) is 0. The summed E-state index contributed by atoms with van der Waals surface area (Å²) in [6, 6.07) is 17.4. The van der Waals surface area contributed by atoms with Gasteiger partial charge in [-0.15, -0.1) is 0 Å². The van der Waals surface area contributed by atoms with Crippen molar-refractivity contribution >= 4 is 11.9 Å². The van der Waals surface area contributed by atoms with Gasteiger partial charge in [0.15, 0.2) is 0 Å². The molecule has 2 aromatic rings. The van der Waals surface area contributed by atoms with Crippen molar-refractivity contribution in [3.8, 4) is 0 Å².